The smallest absolute Gasteiger partial charge is 0.255 e. The highest BCUT2D eigenvalue weighted by molar-refractivity contribution is 5.99. The Balaban J connectivity index is 1.30. The maximum absolute atomic E-state index is 13.0. The minimum absolute atomic E-state index is 0.0118. The lowest BCUT2D eigenvalue weighted by atomic mass is 9.99. The first-order chi connectivity index (χ1) is 18.6. The highest BCUT2D eigenvalue weighted by atomic mass is 16.2. The summed E-state index contributed by atoms with van der Waals surface area (Å²) in [4.78, 5) is 28.2. The van der Waals surface area contributed by atoms with E-state index in [1.165, 1.54) is 43.5 Å². The number of piperidine rings is 1. The van der Waals surface area contributed by atoms with E-state index in [0.717, 1.165) is 29.5 Å². The van der Waals surface area contributed by atoms with Crippen molar-refractivity contribution in [1.82, 2.24) is 15.1 Å². The number of nitrogens with zero attached hydrogens (tertiary/aromatic N) is 3. The molecule has 0 radical (unpaired) electrons. The number of carbonyl (C=O) groups excluding carboxylic acids is 2. The fourth-order valence-electron chi connectivity index (χ4n) is 5.41. The maximum atomic E-state index is 13.0. The largest absolute Gasteiger partial charge is 0.385 e. The minimum Gasteiger partial charge on any atom is -0.385 e. The molecule has 7 nitrogen and oxygen atoms in total. The van der Waals surface area contributed by atoms with Gasteiger partial charge in [-0.2, -0.15) is 5.11 Å². The average Bonchev–Trinajstić information content (AvgIpc) is 3.29. The number of hydrogen-bond donors (Lipinski definition) is 2. The molecular formula is C31H39N5O2. The molecule has 0 bridgehead atoms. The molecule has 2 aromatic carbocycles. The lowest BCUT2D eigenvalue weighted by molar-refractivity contribution is -0.108. The maximum Gasteiger partial charge on any atom is 0.255 e. The van der Waals surface area contributed by atoms with Crippen LogP contribution in [0.25, 0.3) is 0 Å². The summed E-state index contributed by atoms with van der Waals surface area (Å²) >= 11 is 0. The van der Waals surface area contributed by atoms with E-state index < -0.39 is 0 Å². The number of benzene rings is 2. The third-order valence-corrected chi connectivity index (χ3v) is 7.59. The number of aryl methyl sites for hydroxylation is 1. The van der Waals surface area contributed by atoms with Gasteiger partial charge in [0.05, 0.1) is 11.7 Å². The Labute approximate surface area is 226 Å². The van der Waals surface area contributed by atoms with Crippen molar-refractivity contribution >= 4 is 12.2 Å². The van der Waals surface area contributed by atoms with Crippen LogP contribution in [0.1, 0.15) is 71.1 Å². The van der Waals surface area contributed by atoms with Gasteiger partial charge in [0.2, 0.25) is 0 Å². The molecule has 0 aromatic heterocycles. The summed E-state index contributed by atoms with van der Waals surface area (Å²) in [5, 5.41) is 7.04. The Morgan fingerprint density at radius 3 is 2.58 bits per heavy atom. The fourth-order valence-corrected chi connectivity index (χ4v) is 5.41. The topological polar surface area (TPSA) is 88.9 Å². The van der Waals surface area contributed by atoms with Crippen LogP contribution in [0.4, 0.5) is 0 Å². The molecule has 0 spiro atoms. The molecule has 4 rings (SSSR count). The molecule has 38 heavy (non-hydrogen) atoms. The number of aldehydes is 1. The summed E-state index contributed by atoms with van der Waals surface area (Å²) in [6.45, 7) is 8.48. The van der Waals surface area contributed by atoms with Gasteiger partial charge in [0, 0.05) is 37.8 Å². The molecule has 0 saturated carbocycles. The Bertz CT molecular complexity index is 1150. The van der Waals surface area contributed by atoms with Crippen LogP contribution >= 0.6 is 0 Å². The van der Waals surface area contributed by atoms with E-state index in [1.807, 2.05) is 24.4 Å². The number of rotatable bonds is 14. The van der Waals surface area contributed by atoms with Crippen molar-refractivity contribution in [2.75, 3.05) is 13.1 Å². The SMILES string of the molecule is C=CC(CCC=O)N1Cc2c(CC/C(=C/NCc3ccc(CN4CCCCC4)cc3)N=N)cccc2C1=O. The molecule has 2 aliphatic rings. The molecule has 1 saturated heterocycles. The van der Waals surface area contributed by atoms with Crippen molar-refractivity contribution in [2.24, 2.45) is 5.11 Å². The van der Waals surface area contributed by atoms with E-state index in [2.05, 4.69) is 46.2 Å². The van der Waals surface area contributed by atoms with E-state index in [4.69, 9.17) is 5.53 Å². The Morgan fingerprint density at radius 1 is 1.11 bits per heavy atom. The highest BCUT2D eigenvalue weighted by Gasteiger charge is 2.32. The van der Waals surface area contributed by atoms with Crippen LogP contribution in [0, 0.1) is 5.53 Å². The zero-order valence-corrected chi connectivity index (χ0v) is 22.2. The van der Waals surface area contributed by atoms with Crippen molar-refractivity contribution in [2.45, 2.75) is 70.6 Å². The lowest BCUT2D eigenvalue weighted by Crippen LogP contribution is -2.34. The third-order valence-electron chi connectivity index (χ3n) is 7.59. The Morgan fingerprint density at radius 2 is 1.87 bits per heavy atom. The predicted molar refractivity (Wildman–Crippen MR) is 150 cm³/mol. The van der Waals surface area contributed by atoms with E-state index in [-0.39, 0.29) is 11.9 Å². The average molecular weight is 514 g/mol. The van der Waals surface area contributed by atoms with Crippen molar-refractivity contribution < 1.29 is 9.59 Å². The van der Waals surface area contributed by atoms with Crippen LogP contribution in [-0.4, -0.2) is 41.1 Å². The summed E-state index contributed by atoms with van der Waals surface area (Å²) in [5.41, 5.74) is 13.7. The van der Waals surface area contributed by atoms with E-state index in [1.54, 1.807) is 11.0 Å². The molecule has 7 heteroatoms. The number of fused-ring (bicyclic) bond motifs is 1. The van der Waals surface area contributed by atoms with Gasteiger partial charge in [0.1, 0.15) is 6.29 Å². The van der Waals surface area contributed by atoms with Crippen molar-refractivity contribution in [1.29, 1.82) is 5.53 Å². The molecule has 1 fully saturated rings. The quantitative estimate of drug-likeness (QED) is 0.191. The molecule has 1 unspecified atom stereocenters. The van der Waals surface area contributed by atoms with Crippen LogP contribution in [0.3, 0.4) is 0 Å². The van der Waals surface area contributed by atoms with Crippen LogP contribution in [-0.2, 0) is 30.8 Å². The molecular weight excluding hydrogens is 474 g/mol. The van der Waals surface area contributed by atoms with Gasteiger partial charge in [0.15, 0.2) is 0 Å². The van der Waals surface area contributed by atoms with Crippen molar-refractivity contribution in [3.63, 3.8) is 0 Å². The Kier molecular flexibility index (Phi) is 9.98. The molecule has 2 heterocycles. The molecule has 2 aromatic rings. The summed E-state index contributed by atoms with van der Waals surface area (Å²) in [7, 11) is 0. The van der Waals surface area contributed by atoms with Crippen LogP contribution in [0.15, 0.2) is 72.1 Å². The van der Waals surface area contributed by atoms with Crippen LogP contribution in [0.2, 0.25) is 0 Å². The Hall–Kier alpha value is -3.58. The first-order valence-electron chi connectivity index (χ1n) is 13.7. The number of nitrogens with one attached hydrogen (secondary N) is 2. The first kappa shape index (κ1) is 27.5. The number of likely N-dealkylation sites (tertiary alicyclic amines) is 1. The van der Waals surface area contributed by atoms with E-state index in [9.17, 15) is 9.59 Å². The first-order valence-corrected chi connectivity index (χ1v) is 13.7. The monoisotopic (exact) mass is 513 g/mol. The van der Waals surface area contributed by atoms with Gasteiger partial charge >= 0.3 is 0 Å². The van der Waals surface area contributed by atoms with Crippen LogP contribution in [0.5, 0.6) is 0 Å². The van der Waals surface area contributed by atoms with Crippen LogP contribution < -0.4 is 5.32 Å². The number of allylic oxidation sites excluding steroid dienone is 1. The second-order valence-electron chi connectivity index (χ2n) is 10.2. The third kappa shape index (κ3) is 7.04. The molecule has 200 valence electrons. The van der Waals surface area contributed by atoms with Gasteiger partial charge in [-0.3, -0.25) is 9.69 Å². The van der Waals surface area contributed by atoms with Gasteiger partial charge in [-0.15, -0.1) is 6.58 Å². The highest BCUT2D eigenvalue weighted by Crippen LogP contribution is 2.30. The summed E-state index contributed by atoms with van der Waals surface area (Å²) in [6.07, 6.45) is 10.7. The van der Waals surface area contributed by atoms with Crippen molar-refractivity contribution in [3.8, 4) is 0 Å². The molecule has 0 aliphatic carbocycles. The number of hydrogen-bond acceptors (Lipinski definition) is 6. The van der Waals surface area contributed by atoms with Crippen molar-refractivity contribution in [3.05, 3.63) is 94.8 Å². The molecule has 2 N–H and O–H groups in total. The minimum atomic E-state index is -0.158. The molecule has 1 atom stereocenters. The summed E-state index contributed by atoms with van der Waals surface area (Å²) in [6, 6.07) is 14.4. The zero-order valence-electron chi connectivity index (χ0n) is 22.2. The molecule has 2 aliphatic heterocycles. The second-order valence-corrected chi connectivity index (χ2v) is 10.2. The van der Waals surface area contributed by atoms with E-state index >= 15 is 0 Å². The lowest BCUT2D eigenvalue weighted by Gasteiger charge is -2.26. The second kappa shape index (κ2) is 13.8. The number of carbonyl (C=O) groups is 2. The van der Waals surface area contributed by atoms with Gasteiger partial charge in [-0.05, 0) is 73.5 Å². The summed E-state index contributed by atoms with van der Waals surface area (Å²) in [5.74, 6) is -0.0118. The molecule has 1 amide bonds. The van der Waals surface area contributed by atoms with E-state index in [0.29, 0.717) is 44.5 Å². The summed E-state index contributed by atoms with van der Waals surface area (Å²) < 4.78 is 0. The predicted octanol–water partition coefficient (Wildman–Crippen LogP) is 5.76. The standard InChI is InChI=1S/C31H39N5O2/c1-2-28(9-7-19-37)36-23-30-26(8-6-10-29(30)31(36)38)15-16-27(34-32)21-33-20-24-11-13-25(14-12-24)22-35-17-4-3-5-18-35/h2,6,8,10-14,19,21,28,32-33H,1,3-5,7,9,15-18,20,22-23H2/b27-21-,34-32?. The zero-order chi connectivity index (χ0) is 26.7. The van der Waals surface area contributed by atoms with Gasteiger partial charge < -0.3 is 15.0 Å². The van der Waals surface area contributed by atoms with Gasteiger partial charge in [0.25, 0.3) is 5.91 Å². The van der Waals surface area contributed by atoms with Gasteiger partial charge in [-0.25, -0.2) is 5.53 Å². The normalized spacial score (nSPS) is 16.7. The number of amides is 1. The fraction of sp³-hybridized carbons (Fsp3) is 0.419. The van der Waals surface area contributed by atoms with Gasteiger partial charge in [-0.1, -0.05) is 48.9 Å².